The summed E-state index contributed by atoms with van der Waals surface area (Å²) in [5, 5.41) is 5.11. The Hall–Kier alpha value is -1.72. The number of aromatic nitrogens is 1. The van der Waals surface area contributed by atoms with Gasteiger partial charge in [-0.2, -0.15) is 0 Å². The predicted octanol–water partition coefficient (Wildman–Crippen LogP) is 5.25. The molecule has 148 valence electrons. The first-order valence-electron chi connectivity index (χ1n) is 9.04. The van der Waals surface area contributed by atoms with E-state index in [4.69, 9.17) is 23.2 Å². The number of rotatable bonds is 3. The average molecular weight is 439 g/mol. The van der Waals surface area contributed by atoms with Crippen LogP contribution in [-0.4, -0.2) is 35.9 Å². The molecule has 2 N–H and O–H groups in total. The number of amides is 1. The lowest BCUT2D eigenvalue weighted by Gasteiger charge is -2.45. The molecule has 1 saturated heterocycles. The van der Waals surface area contributed by atoms with Crippen LogP contribution in [-0.2, 0) is 5.54 Å². The van der Waals surface area contributed by atoms with E-state index in [2.05, 4.69) is 22.4 Å². The van der Waals surface area contributed by atoms with Gasteiger partial charge in [-0.1, -0.05) is 53.5 Å². The van der Waals surface area contributed by atoms with Gasteiger partial charge in [-0.25, -0.2) is 0 Å². The number of halogens is 3. The Kier molecular flexibility index (Phi) is 6.25. The Morgan fingerprint density at radius 1 is 1.07 bits per heavy atom. The number of nitrogens with one attached hydrogen (secondary N) is 2. The minimum atomic E-state index is -0.331. The molecule has 1 aliphatic heterocycles. The standard InChI is InChI=1S/C21H21Cl2N3O.ClH/c1-26(21(9-11-24-12-10-21)14-5-3-2-4-6-14)20(27)18-13-15-17(25-18)8-7-16(22)19(15)23;/h2-8,13,24-25H,9-12H2,1H3;1H. The van der Waals surface area contributed by atoms with Gasteiger partial charge in [0.1, 0.15) is 5.69 Å². The largest absolute Gasteiger partial charge is 0.350 e. The van der Waals surface area contributed by atoms with E-state index < -0.39 is 0 Å². The number of hydrogen-bond donors (Lipinski definition) is 2. The van der Waals surface area contributed by atoms with E-state index in [1.807, 2.05) is 36.2 Å². The van der Waals surface area contributed by atoms with Crippen molar-refractivity contribution in [2.75, 3.05) is 20.1 Å². The van der Waals surface area contributed by atoms with Crippen LogP contribution in [0, 0.1) is 0 Å². The first kappa shape index (κ1) is 21.0. The van der Waals surface area contributed by atoms with Crippen molar-refractivity contribution in [3.8, 4) is 0 Å². The molecule has 0 bridgehead atoms. The van der Waals surface area contributed by atoms with Crippen LogP contribution in [0.25, 0.3) is 10.9 Å². The van der Waals surface area contributed by atoms with Gasteiger partial charge >= 0.3 is 0 Å². The third-order valence-electron chi connectivity index (χ3n) is 5.61. The normalized spacial score (nSPS) is 15.8. The molecule has 0 saturated carbocycles. The summed E-state index contributed by atoms with van der Waals surface area (Å²) in [7, 11) is 1.89. The van der Waals surface area contributed by atoms with Crippen molar-refractivity contribution in [1.82, 2.24) is 15.2 Å². The number of fused-ring (bicyclic) bond motifs is 1. The zero-order valence-corrected chi connectivity index (χ0v) is 17.8. The van der Waals surface area contributed by atoms with Crippen molar-refractivity contribution in [3.05, 3.63) is 69.8 Å². The van der Waals surface area contributed by atoms with Gasteiger partial charge in [-0.05, 0) is 49.7 Å². The first-order chi connectivity index (χ1) is 13.0. The van der Waals surface area contributed by atoms with E-state index in [-0.39, 0.29) is 23.9 Å². The molecule has 4 nitrogen and oxygen atoms in total. The first-order valence-corrected chi connectivity index (χ1v) is 9.80. The molecule has 28 heavy (non-hydrogen) atoms. The zero-order valence-electron chi connectivity index (χ0n) is 15.5. The summed E-state index contributed by atoms with van der Waals surface area (Å²) in [6, 6.07) is 15.7. The molecule has 2 heterocycles. The molecular formula is C21H22Cl3N3O. The second-order valence-electron chi connectivity index (χ2n) is 7.02. The fourth-order valence-corrected chi connectivity index (χ4v) is 4.42. The molecule has 1 aliphatic rings. The lowest BCUT2D eigenvalue weighted by molar-refractivity contribution is 0.0447. The van der Waals surface area contributed by atoms with Crippen LogP contribution in [0.1, 0.15) is 28.9 Å². The number of carbonyl (C=O) groups excluding carboxylic acids is 1. The second-order valence-corrected chi connectivity index (χ2v) is 7.80. The van der Waals surface area contributed by atoms with Crippen molar-refractivity contribution >= 4 is 52.4 Å². The molecule has 0 aliphatic carbocycles. The third-order valence-corrected chi connectivity index (χ3v) is 6.43. The van der Waals surface area contributed by atoms with Crippen LogP contribution in [0.2, 0.25) is 10.0 Å². The molecule has 7 heteroatoms. The van der Waals surface area contributed by atoms with Crippen molar-refractivity contribution in [3.63, 3.8) is 0 Å². The van der Waals surface area contributed by atoms with Gasteiger partial charge in [0.2, 0.25) is 0 Å². The fraction of sp³-hybridized carbons (Fsp3) is 0.286. The van der Waals surface area contributed by atoms with Crippen molar-refractivity contribution in [1.29, 1.82) is 0 Å². The summed E-state index contributed by atoms with van der Waals surface area (Å²) in [5.41, 5.74) is 2.16. The molecule has 3 aromatic rings. The number of piperidine rings is 1. The van der Waals surface area contributed by atoms with Crippen LogP contribution in [0.5, 0.6) is 0 Å². The topological polar surface area (TPSA) is 48.1 Å². The summed E-state index contributed by atoms with van der Waals surface area (Å²) >= 11 is 12.4. The van der Waals surface area contributed by atoms with E-state index in [0.29, 0.717) is 15.7 Å². The van der Waals surface area contributed by atoms with Crippen molar-refractivity contribution in [2.45, 2.75) is 18.4 Å². The summed E-state index contributed by atoms with van der Waals surface area (Å²) < 4.78 is 0. The Morgan fingerprint density at radius 2 is 1.75 bits per heavy atom. The van der Waals surface area contributed by atoms with Gasteiger partial charge in [0.25, 0.3) is 5.91 Å². The van der Waals surface area contributed by atoms with Gasteiger partial charge in [-0.15, -0.1) is 12.4 Å². The minimum Gasteiger partial charge on any atom is -0.350 e. The van der Waals surface area contributed by atoms with Crippen molar-refractivity contribution < 1.29 is 4.79 Å². The van der Waals surface area contributed by atoms with Gasteiger partial charge < -0.3 is 15.2 Å². The molecule has 0 atom stereocenters. The van der Waals surface area contributed by atoms with Crippen molar-refractivity contribution in [2.24, 2.45) is 0 Å². The lowest BCUT2D eigenvalue weighted by Crippen LogP contribution is -2.53. The van der Waals surface area contributed by atoms with Crippen LogP contribution in [0.3, 0.4) is 0 Å². The Morgan fingerprint density at radius 3 is 2.43 bits per heavy atom. The molecule has 1 aromatic heterocycles. The highest BCUT2D eigenvalue weighted by atomic mass is 35.5. The molecule has 1 fully saturated rings. The Labute approximate surface area is 180 Å². The van der Waals surface area contributed by atoms with Gasteiger partial charge in [0, 0.05) is 18.0 Å². The summed E-state index contributed by atoms with van der Waals surface area (Å²) in [4.78, 5) is 18.5. The minimum absolute atomic E-state index is 0. The Bertz CT molecular complexity index is 981. The molecule has 0 unspecified atom stereocenters. The number of benzene rings is 2. The van der Waals surface area contributed by atoms with E-state index in [1.165, 1.54) is 5.56 Å². The smallest absolute Gasteiger partial charge is 0.270 e. The molecule has 0 radical (unpaired) electrons. The highest BCUT2D eigenvalue weighted by Crippen LogP contribution is 2.38. The van der Waals surface area contributed by atoms with E-state index in [0.717, 1.165) is 36.8 Å². The van der Waals surface area contributed by atoms with Gasteiger partial charge in [0.05, 0.1) is 15.6 Å². The predicted molar refractivity (Wildman–Crippen MR) is 118 cm³/mol. The number of nitrogens with zero attached hydrogens (tertiary/aromatic N) is 1. The quantitative estimate of drug-likeness (QED) is 0.587. The van der Waals surface area contributed by atoms with E-state index >= 15 is 0 Å². The van der Waals surface area contributed by atoms with Gasteiger partial charge in [-0.3, -0.25) is 4.79 Å². The highest BCUT2D eigenvalue weighted by molar-refractivity contribution is 6.45. The molecule has 1 amide bonds. The third kappa shape index (κ3) is 3.50. The SMILES string of the molecule is CN(C(=O)c1cc2c(Cl)c(Cl)ccc2[nH]1)C1(c2ccccc2)CCNCC1.Cl. The van der Waals surface area contributed by atoms with E-state index in [9.17, 15) is 4.79 Å². The average Bonchev–Trinajstić information content (AvgIpc) is 3.16. The van der Waals surface area contributed by atoms with E-state index in [1.54, 1.807) is 12.1 Å². The Balaban J connectivity index is 0.00000225. The lowest BCUT2D eigenvalue weighted by atomic mass is 9.80. The number of aromatic amines is 1. The van der Waals surface area contributed by atoms with Crippen LogP contribution >= 0.6 is 35.6 Å². The van der Waals surface area contributed by atoms with Crippen LogP contribution in [0.15, 0.2) is 48.5 Å². The monoisotopic (exact) mass is 437 g/mol. The fourth-order valence-electron chi connectivity index (χ4n) is 4.04. The molecule has 2 aromatic carbocycles. The van der Waals surface area contributed by atoms with Crippen LogP contribution in [0.4, 0.5) is 0 Å². The number of hydrogen-bond acceptors (Lipinski definition) is 2. The summed E-state index contributed by atoms with van der Waals surface area (Å²) in [6.07, 6.45) is 1.73. The number of H-pyrrole nitrogens is 1. The maximum atomic E-state index is 13.4. The van der Waals surface area contributed by atoms with Crippen LogP contribution < -0.4 is 5.32 Å². The maximum Gasteiger partial charge on any atom is 0.270 e. The molecule has 0 spiro atoms. The molecular weight excluding hydrogens is 417 g/mol. The summed E-state index contributed by atoms with van der Waals surface area (Å²) in [5.74, 6) is -0.0517. The van der Waals surface area contributed by atoms with Gasteiger partial charge in [0.15, 0.2) is 0 Å². The number of carbonyl (C=O) groups is 1. The highest BCUT2D eigenvalue weighted by Gasteiger charge is 2.40. The maximum absolute atomic E-state index is 13.4. The molecule has 4 rings (SSSR count). The second kappa shape index (κ2) is 8.34. The summed E-state index contributed by atoms with van der Waals surface area (Å²) in [6.45, 7) is 1.75. The zero-order chi connectivity index (χ0) is 19.0.